The molecule has 2 atom stereocenters. The fourth-order valence-corrected chi connectivity index (χ4v) is 5.86. The van der Waals surface area contributed by atoms with Crippen LogP contribution in [0.25, 0.3) is 6.08 Å². The lowest BCUT2D eigenvalue weighted by atomic mass is 9.94. The summed E-state index contributed by atoms with van der Waals surface area (Å²) in [6.45, 7) is 8.61. The van der Waals surface area contributed by atoms with Gasteiger partial charge in [0.1, 0.15) is 5.75 Å². The van der Waals surface area contributed by atoms with E-state index >= 15 is 0 Å². The Hall–Kier alpha value is -1.58. The number of rotatable bonds is 3. The van der Waals surface area contributed by atoms with Gasteiger partial charge >= 0.3 is 0 Å². The van der Waals surface area contributed by atoms with Crippen LogP contribution in [0.4, 0.5) is 0 Å². The largest absolute Gasteiger partial charge is 0.506 e. The molecule has 1 heterocycles. The first kappa shape index (κ1) is 16.9. The highest BCUT2D eigenvalue weighted by Gasteiger charge is 2.63. The Morgan fingerprint density at radius 2 is 2.08 bits per heavy atom. The average molecular weight is 373 g/mol. The maximum absolute atomic E-state index is 12.8. The molecule has 130 valence electrons. The predicted molar refractivity (Wildman–Crippen MR) is 104 cm³/mol. The summed E-state index contributed by atoms with van der Waals surface area (Å²) in [6, 6.07) is 3.50. The van der Waals surface area contributed by atoms with Gasteiger partial charge in [-0.15, -0.1) is 11.3 Å². The van der Waals surface area contributed by atoms with Crippen molar-refractivity contribution in [2.24, 2.45) is 11.3 Å². The molecule has 2 aromatic rings. The van der Waals surface area contributed by atoms with Crippen molar-refractivity contribution in [3.8, 4) is 5.75 Å². The third-order valence-corrected chi connectivity index (χ3v) is 7.41. The number of carbonyl (C=O) groups excluding carboxylic acids is 1. The van der Waals surface area contributed by atoms with E-state index in [4.69, 9.17) is 11.6 Å². The van der Waals surface area contributed by atoms with Crippen molar-refractivity contribution in [2.75, 3.05) is 0 Å². The number of allylic oxidation sites excluding steroid dienone is 1. The summed E-state index contributed by atoms with van der Waals surface area (Å²) in [6.07, 6.45) is 4.45. The Morgan fingerprint density at radius 1 is 1.36 bits per heavy atom. The zero-order valence-electron chi connectivity index (χ0n) is 14.8. The molecular weight excluding hydrogens is 352 g/mol. The Balaban J connectivity index is 1.62. The molecule has 0 radical (unpaired) electrons. The van der Waals surface area contributed by atoms with E-state index in [2.05, 4.69) is 20.8 Å². The van der Waals surface area contributed by atoms with Gasteiger partial charge in [0.15, 0.2) is 5.78 Å². The van der Waals surface area contributed by atoms with Gasteiger partial charge in [-0.2, -0.15) is 0 Å². The van der Waals surface area contributed by atoms with Crippen LogP contribution in [0.2, 0.25) is 5.02 Å². The zero-order valence-corrected chi connectivity index (χ0v) is 16.4. The summed E-state index contributed by atoms with van der Waals surface area (Å²) >= 11 is 7.65. The normalized spacial score (nSPS) is 22.9. The quantitative estimate of drug-likeness (QED) is 0.536. The lowest BCUT2D eigenvalue weighted by Gasteiger charge is -2.09. The molecule has 1 N–H and O–H groups in total. The minimum absolute atomic E-state index is 0.0651. The number of aryl methyl sites for hydroxylation is 2. The summed E-state index contributed by atoms with van der Waals surface area (Å²) in [7, 11) is 0. The number of phenolic OH excluding ortho intramolecular Hbond substituents is 1. The monoisotopic (exact) mass is 372 g/mol. The number of fused-ring (bicyclic) bond motifs is 3. The highest BCUT2D eigenvalue weighted by atomic mass is 35.5. The molecule has 25 heavy (non-hydrogen) atoms. The number of thiophene rings is 1. The van der Waals surface area contributed by atoms with Crippen LogP contribution in [0.3, 0.4) is 0 Å². The molecule has 0 saturated heterocycles. The standard InChI is InChI=1S/C21H21ClO2S/c1-10-7-12(8-15(22)19(10)24)5-6-16(23)20-13-9-14-18(21(14,3)4)17(13)11(2)25-20/h5-8,14,18,24H,9H2,1-4H3/t14-,18-/m1/s1. The number of halogens is 1. The van der Waals surface area contributed by atoms with E-state index in [1.807, 2.05) is 6.07 Å². The van der Waals surface area contributed by atoms with E-state index in [0.717, 1.165) is 16.9 Å². The number of phenols is 1. The van der Waals surface area contributed by atoms with Crippen LogP contribution in [0.5, 0.6) is 5.75 Å². The van der Waals surface area contributed by atoms with E-state index in [1.165, 1.54) is 16.0 Å². The highest BCUT2D eigenvalue weighted by Crippen LogP contribution is 2.71. The van der Waals surface area contributed by atoms with E-state index in [1.54, 1.807) is 36.5 Å². The molecule has 1 saturated carbocycles. The third kappa shape index (κ3) is 2.48. The van der Waals surface area contributed by atoms with Crippen LogP contribution in [0.15, 0.2) is 18.2 Å². The molecular formula is C21H21ClO2S. The average Bonchev–Trinajstić information content (AvgIpc) is 2.90. The van der Waals surface area contributed by atoms with Crippen LogP contribution >= 0.6 is 22.9 Å². The van der Waals surface area contributed by atoms with E-state index < -0.39 is 0 Å². The van der Waals surface area contributed by atoms with Crippen molar-refractivity contribution < 1.29 is 9.90 Å². The first-order chi connectivity index (χ1) is 11.7. The van der Waals surface area contributed by atoms with Crippen molar-refractivity contribution in [3.05, 3.63) is 55.2 Å². The maximum atomic E-state index is 12.8. The van der Waals surface area contributed by atoms with E-state index in [9.17, 15) is 9.90 Å². The number of hydrogen-bond acceptors (Lipinski definition) is 3. The van der Waals surface area contributed by atoms with Gasteiger partial charge in [-0.1, -0.05) is 31.5 Å². The number of carbonyl (C=O) groups is 1. The molecule has 2 nitrogen and oxygen atoms in total. The molecule has 1 aromatic heterocycles. The molecule has 0 bridgehead atoms. The summed E-state index contributed by atoms with van der Waals surface area (Å²) in [5, 5.41) is 10.1. The Labute approximate surface area is 157 Å². The van der Waals surface area contributed by atoms with Crippen LogP contribution < -0.4 is 0 Å². The van der Waals surface area contributed by atoms with Crippen LogP contribution in [0.1, 0.15) is 56.6 Å². The van der Waals surface area contributed by atoms with Gasteiger partial charge in [-0.05, 0) is 78.0 Å². The summed E-state index contributed by atoms with van der Waals surface area (Å²) in [5.41, 5.74) is 4.65. The van der Waals surface area contributed by atoms with Gasteiger partial charge in [0.25, 0.3) is 0 Å². The van der Waals surface area contributed by atoms with E-state index in [-0.39, 0.29) is 11.5 Å². The molecule has 0 aliphatic heterocycles. The second-order valence-corrected chi connectivity index (χ2v) is 9.49. The molecule has 2 aliphatic rings. The minimum Gasteiger partial charge on any atom is -0.506 e. The molecule has 1 fully saturated rings. The topological polar surface area (TPSA) is 37.3 Å². The molecule has 0 spiro atoms. The smallest absolute Gasteiger partial charge is 0.196 e. The molecule has 0 unspecified atom stereocenters. The van der Waals surface area contributed by atoms with E-state index in [0.29, 0.717) is 27.8 Å². The first-order valence-electron chi connectivity index (χ1n) is 8.55. The highest BCUT2D eigenvalue weighted by molar-refractivity contribution is 7.14. The molecule has 2 aliphatic carbocycles. The van der Waals surface area contributed by atoms with Crippen molar-refractivity contribution in [3.63, 3.8) is 0 Å². The number of benzene rings is 1. The predicted octanol–water partition coefficient (Wildman–Crippen LogP) is 5.92. The Morgan fingerprint density at radius 3 is 2.76 bits per heavy atom. The SMILES string of the molecule is Cc1cc(C=CC(=O)c2sc(C)c3c2C[C@@H]2[C@H]3C2(C)C)cc(Cl)c1O. The Bertz CT molecular complexity index is 913. The van der Waals surface area contributed by atoms with Crippen LogP contribution in [-0.2, 0) is 6.42 Å². The van der Waals surface area contributed by atoms with Crippen molar-refractivity contribution in [2.45, 2.75) is 40.0 Å². The van der Waals surface area contributed by atoms with Gasteiger partial charge in [-0.3, -0.25) is 4.79 Å². The molecule has 4 heteroatoms. The van der Waals surface area contributed by atoms with Crippen LogP contribution in [-0.4, -0.2) is 10.9 Å². The summed E-state index contributed by atoms with van der Waals surface area (Å²) in [5.74, 6) is 1.51. The van der Waals surface area contributed by atoms with Gasteiger partial charge in [0, 0.05) is 4.88 Å². The Kier molecular flexibility index (Phi) is 3.68. The fraction of sp³-hybridized carbons (Fsp3) is 0.381. The number of aromatic hydroxyl groups is 1. The molecule has 4 rings (SSSR count). The van der Waals surface area contributed by atoms with Gasteiger partial charge in [-0.25, -0.2) is 0 Å². The zero-order chi connectivity index (χ0) is 18.1. The second-order valence-electron chi connectivity index (χ2n) is 7.86. The number of ketones is 1. The van der Waals surface area contributed by atoms with Gasteiger partial charge in [0.05, 0.1) is 9.90 Å². The fourth-order valence-electron chi connectivity index (χ4n) is 4.44. The van der Waals surface area contributed by atoms with Gasteiger partial charge in [0.2, 0.25) is 0 Å². The summed E-state index contributed by atoms with van der Waals surface area (Å²) < 4.78 is 0. The third-order valence-electron chi connectivity index (χ3n) is 5.95. The van der Waals surface area contributed by atoms with Crippen LogP contribution in [0, 0.1) is 25.2 Å². The number of hydrogen-bond donors (Lipinski definition) is 1. The van der Waals surface area contributed by atoms with Gasteiger partial charge < -0.3 is 5.11 Å². The van der Waals surface area contributed by atoms with Crippen molar-refractivity contribution in [1.29, 1.82) is 0 Å². The molecule has 1 aromatic carbocycles. The van der Waals surface area contributed by atoms with Crippen molar-refractivity contribution in [1.82, 2.24) is 0 Å². The second kappa shape index (κ2) is 5.46. The minimum atomic E-state index is 0.0651. The maximum Gasteiger partial charge on any atom is 0.196 e. The van der Waals surface area contributed by atoms with Crippen molar-refractivity contribution >= 4 is 34.8 Å². The first-order valence-corrected chi connectivity index (χ1v) is 9.75. The lowest BCUT2D eigenvalue weighted by molar-refractivity contribution is 0.105. The molecule has 0 amide bonds. The lowest BCUT2D eigenvalue weighted by Crippen LogP contribution is -2.02. The summed E-state index contributed by atoms with van der Waals surface area (Å²) in [4.78, 5) is 14.9.